The Labute approximate surface area is 197 Å². The van der Waals surface area contributed by atoms with Crippen molar-refractivity contribution in [1.82, 2.24) is 14.7 Å². The zero-order valence-electron chi connectivity index (χ0n) is 20.0. The quantitative estimate of drug-likeness (QED) is 0.532. The highest BCUT2D eigenvalue weighted by atomic mass is 32.2. The minimum Gasteiger partial charge on any atom is -0.370 e. The van der Waals surface area contributed by atoms with Crippen LogP contribution in [0.4, 0.5) is 0 Å². The number of hydrogen-bond donors (Lipinski definition) is 0. The number of rotatable bonds is 9. The molecule has 0 bridgehead atoms. The Morgan fingerprint density at radius 1 is 1.21 bits per heavy atom. The molecular formula is C24H37N3O5S. The van der Waals surface area contributed by atoms with Crippen molar-refractivity contribution in [3.63, 3.8) is 0 Å². The molecule has 0 N–H and O–H groups in total. The molecule has 2 atom stereocenters. The topological polar surface area (TPSA) is 87.2 Å². The van der Waals surface area contributed by atoms with Crippen molar-refractivity contribution < 1.29 is 22.7 Å². The lowest BCUT2D eigenvalue weighted by atomic mass is 10.2. The van der Waals surface area contributed by atoms with Crippen molar-refractivity contribution in [3.8, 4) is 0 Å². The second-order valence-corrected chi connectivity index (χ2v) is 11.9. The molecule has 0 aliphatic carbocycles. The predicted molar refractivity (Wildman–Crippen MR) is 127 cm³/mol. The Kier molecular flexibility index (Phi) is 8.89. The predicted octanol–water partition coefficient (Wildman–Crippen LogP) is 1.41. The van der Waals surface area contributed by atoms with Gasteiger partial charge in [-0.3, -0.25) is 9.59 Å². The first-order valence-electron chi connectivity index (χ1n) is 11.7. The lowest BCUT2D eigenvalue weighted by Crippen LogP contribution is -2.42. The van der Waals surface area contributed by atoms with Crippen LogP contribution in [0, 0.1) is 5.92 Å². The summed E-state index contributed by atoms with van der Waals surface area (Å²) >= 11 is 0. The van der Waals surface area contributed by atoms with Gasteiger partial charge in [-0.1, -0.05) is 44.2 Å². The van der Waals surface area contributed by atoms with Crippen molar-refractivity contribution >= 4 is 21.7 Å². The lowest BCUT2D eigenvalue weighted by molar-refractivity contribution is -0.139. The molecule has 9 heteroatoms. The third-order valence-electron chi connectivity index (χ3n) is 6.30. The van der Waals surface area contributed by atoms with Crippen LogP contribution in [-0.4, -0.2) is 98.4 Å². The van der Waals surface area contributed by atoms with Gasteiger partial charge in [-0.05, 0) is 24.9 Å². The number of benzene rings is 1. The molecule has 0 radical (unpaired) electrons. The van der Waals surface area contributed by atoms with E-state index >= 15 is 0 Å². The maximum Gasteiger partial charge on any atom is 0.242 e. The normalized spacial score (nSPS) is 23.4. The van der Waals surface area contributed by atoms with E-state index < -0.39 is 9.84 Å². The zero-order chi connectivity index (χ0) is 24.0. The van der Waals surface area contributed by atoms with E-state index in [1.165, 1.54) is 0 Å². The lowest BCUT2D eigenvalue weighted by Gasteiger charge is -2.26. The molecular weight excluding hydrogens is 442 g/mol. The van der Waals surface area contributed by atoms with Crippen LogP contribution in [-0.2, 0) is 30.8 Å². The number of hydrogen-bond acceptors (Lipinski definition) is 6. The summed E-state index contributed by atoms with van der Waals surface area (Å²) in [5.41, 5.74) is 1.05. The molecule has 2 fully saturated rings. The summed E-state index contributed by atoms with van der Waals surface area (Å²) in [6.45, 7) is 6.55. The smallest absolute Gasteiger partial charge is 0.242 e. The molecule has 2 amide bonds. The van der Waals surface area contributed by atoms with E-state index in [1.54, 1.807) is 4.90 Å². The summed E-state index contributed by atoms with van der Waals surface area (Å²) in [7, 11) is -1.10. The van der Waals surface area contributed by atoms with Crippen LogP contribution in [0.25, 0.3) is 0 Å². The molecule has 184 valence electrons. The molecule has 1 aromatic rings. The van der Waals surface area contributed by atoms with Gasteiger partial charge in [-0.25, -0.2) is 8.42 Å². The van der Waals surface area contributed by atoms with E-state index in [0.29, 0.717) is 45.1 Å². The minimum atomic E-state index is -2.97. The van der Waals surface area contributed by atoms with Gasteiger partial charge in [0.15, 0.2) is 9.84 Å². The molecule has 8 nitrogen and oxygen atoms in total. The van der Waals surface area contributed by atoms with Gasteiger partial charge in [0.05, 0.1) is 30.8 Å². The van der Waals surface area contributed by atoms with E-state index in [-0.39, 0.29) is 48.4 Å². The number of sulfone groups is 1. The van der Waals surface area contributed by atoms with Crippen LogP contribution in [0.2, 0.25) is 0 Å². The van der Waals surface area contributed by atoms with Crippen molar-refractivity contribution in [3.05, 3.63) is 35.9 Å². The fourth-order valence-electron chi connectivity index (χ4n) is 4.42. The molecule has 0 spiro atoms. The van der Waals surface area contributed by atoms with Gasteiger partial charge in [-0.15, -0.1) is 0 Å². The van der Waals surface area contributed by atoms with Crippen LogP contribution in [0.15, 0.2) is 30.3 Å². The molecule has 2 aliphatic heterocycles. The first-order valence-corrected chi connectivity index (χ1v) is 13.6. The molecule has 0 aromatic heterocycles. The highest BCUT2D eigenvalue weighted by Gasteiger charge is 2.33. The van der Waals surface area contributed by atoms with E-state index in [1.807, 2.05) is 47.2 Å². The van der Waals surface area contributed by atoms with Crippen molar-refractivity contribution in [2.24, 2.45) is 5.92 Å². The highest BCUT2D eigenvalue weighted by Crippen LogP contribution is 2.18. The van der Waals surface area contributed by atoms with E-state index in [4.69, 9.17) is 4.74 Å². The summed E-state index contributed by atoms with van der Waals surface area (Å²) in [5, 5.41) is 0. The Morgan fingerprint density at radius 2 is 1.94 bits per heavy atom. The summed E-state index contributed by atoms with van der Waals surface area (Å²) in [4.78, 5) is 31.3. The third kappa shape index (κ3) is 7.79. The summed E-state index contributed by atoms with van der Waals surface area (Å²) in [5.74, 6) is 0.526. The highest BCUT2D eigenvalue weighted by molar-refractivity contribution is 7.91. The first kappa shape index (κ1) is 25.6. The largest absolute Gasteiger partial charge is 0.370 e. The monoisotopic (exact) mass is 479 g/mol. The second-order valence-electron chi connectivity index (χ2n) is 9.67. The van der Waals surface area contributed by atoms with E-state index in [0.717, 1.165) is 5.56 Å². The average molecular weight is 480 g/mol. The van der Waals surface area contributed by atoms with E-state index in [9.17, 15) is 18.0 Å². The SMILES string of the molecule is CC(C)CN1CC(OCc2ccccc2)CN(C(=O)CCN(C)C2CCS(=O)(=O)C2)CC1=O. The molecule has 0 saturated carbocycles. The van der Waals surface area contributed by atoms with Crippen LogP contribution in [0.1, 0.15) is 32.3 Å². The molecule has 2 heterocycles. The fraction of sp³-hybridized carbons (Fsp3) is 0.667. The van der Waals surface area contributed by atoms with Gasteiger partial charge >= 0.3 is 0 Å². The number of amides is 2. The van der Waals surface area contributed by atoms with Crippen LogP contribution in [0.3, 0.4) is 0 Å². The number of carbonyl (C=O) groups is 2. The zero-order valence-corrected chi connectivity index (χ0v) is 20.8. The van der Waals surface area contributed by atoms with Crippen molar-refractivity contribution in [2.75, 3.05) is 51.3 Å². The van der Waals surface area contributed by atoms with Crippen molar-refractivity contribution in [2.45, 2.75) is 45.4 Å². The fourth-order valence-corrected chi connectivity index (χ4v) is 6.22. The van der Waals surface area contributed by atoms with E-state index in [2.05, 4.69) is 13.8 Å². The Hall–Kier alpha value is -1.97. The number of carbonyl (C=O) groups excluding carboxylic acids is 2. The Bertz CT molecular complexity index is 906. The molecule has 3 rings (SSSR count). The molecule has 2 aliphatic rings. The van der Waals surface area contributed by atoms with Gasteiger partial charge in [-0.2, -0.15) is 0 Å². The van der Waals surface area contributed by atoms with Gasteiger partial charge in [0, 0.05) is 38.6 Å². The van der Waals surface area contributed by atoms with Crippen LogP contribution in [0.5, 0.6) is 0 Å². The molecule has 1 aromatic carbocycles. The maximum absolute atomic E-state index is 13.0. The molecule has 2 saturated heterocycles. The summed E-state index contributed by atoms with van der Waals surface area (Å²) in [6, 6.07) is 9.82. The van der Waals surface area contributed by atoms with Crippen molar-refractivity contribution in [1.29, 1.82) is 0 Å². The van der Waals surface area contributed by atoms with Crippen LogP contribution < -0.4 is 0 Å². The van der Waals surface area contributed by atoms with Gasteiger partial charge < -0.3 is 19.4 Å². The average Bonchev–Trinajstić information content (AvgIpc) is 3.06. The van der Waals surface area contributed by atoms with Gasteiger partial charge in [0.1, 0.15) is 0 Å². The van der Waals surface area contributed by atoms with Gasteiger partial charge in [0.2, 0.25) is 11.8 Å². The first-order chi connectivity index (χ1) is 15.6. The Balaban J connectivity index is 1.61. The maximum atomic E-state index is 13.0. The summed E-state index contributed by atoms with van der Waals surface area (Å²) < 4.78 is 29.7. The number of ether oxygens (including phenoxy) is 1. The summed E-state index contributed by atoms with van der Waals surface area (Å²) in [6.07, 6.45) is 0.585. The minimum absolute atomic E-state index is 0.0444. The van der Waals surface area contributed by atoms with Gasteiger partial charge in [0.25, 0.3) is 0 Å². The second kappa shape index (κ2) is 11.4. The number of nitrogens with zero attached hydrogens (tertiary/aromatic N) is 3. The molecule has 33 heavy (non-hydrogen) atoms. The van der Waals surface area contributed by atoms with Crippen LogP contribution >= 0.6 is 0 Å². The standard InChI is InChI=1S/C24H37N3O5S/c1-19(2)13-26-14-22(32-17-20-7-5-4-6-8-20)15-27(16-24(26)29)23(28)9-11-25(3)21-10-12-33(30,31)18-21/h4-8,19,21-22H,9-18H2,1-3H3. The Morgan fingerprint density at radius 3 is 2.58 bits per heavy atom. The third-order valence-corrected chi connectivity index (χ3v) is 8.05. The molecule has 2 unspecified atom stereocenters.